The third-order valence-electron chi connectivity index (χ3n) is 9.34. The molecule has 0 amide bonds. The lowest BCUT2D eigenvalue weighted by Gasteiger charge is -2.53. The van der Waals surface area contributed by atoms with Gasteiger partial charge in [-0.05, 0) is 111 Å². The van der Waals surface area contributed by atoms with Crippen LogP contribution >= 0.6 is 12.2 Å². The quantitative estimate of drug-likeness (QED) is 0.308. The van der Waals surface area contributed by atoms with Gasteiger partial charge in [0.2, 0.25) is 6.79 Å². The van der Waals surface area contributed by atoms with Gasteiger partial charge < -0.3 is 20.3 Å². The Labute approximate surface area is 218 Å². The minimum absolute atomic E-state index is 0.187. The highest BCUT2D eigenvalue weighted by molar-refractivity contribution is 7.80. The maximum atomic E-state index is 11.8. The van der Waals surface area contributed by atoms with Gasteiger partial charge in [-0.15, -0.1) is 5.92 Å². The van der Waals surface area contributed by atoms with E-state index in [1.165, 1.54) is 16.7 Å². The molecule has 188 valence electrons. The van der Waals surface area contributed by atoms with Crippen molar-refractivity contribution >= 4 is 23.0 Å². The van der Waals surface area contributed by atoms with Gasteiger partial charge in [0.15, 0.2) is 16.6 Å². The molecule has 5 atom stereocenters. The number of thiocarbonyl (C=S) groups is 1. The van der Waals surface area contributed by atoms with Gasteiger partial charge in [-0.3, -0.25) is 5.43 Å². The van der Waals surface area contributed by atoms with Crippen molar-refractivity contribution in [3.63, 3.8) is 0 Å². The van der Waals surface area contributed by atoms with Gasteiger partial charge in [0, 0.05) is 11.3 Å². The number of hydrogen-bond acceptors (Lipinski definition) is 5. The molecule has 2 saturated carbocycles. The summed E-state index contributed by atoms with van der Waals surface area (Å²) in [5.74, 6) is 8.95. The predicted octanol–water partition coefficient (Wildman–Crippen LogP) is 4.69. The zero-order valence-electron chi connectivity index (χ0n) is 20.9. The van der Waals surface area contributed by atoms with Gasteiger partial charge in [-0.2, -0.15) is 5.10 Å². The minimum Gasteiger partial charge on any atom is -0.454 e. The fourth-order valence-electron chi connectivity index (χ4n) is 7.73. The number of hydrazone groups is 1. The Balaban J connectivity index is 1.48. The molecule has 1 heterocycles. The summed E-state index contributed by atoms with van der Waals surface area (Å²) < 4.78 is 11.4. The van der Waals surface area contributed by atoms with Crippen molar-refractivity contribution < 1.29 is 14.6 Å². The van der Waals surface area contributed by atoms with Crippen LogP contribution in [0.5, 0.6) is 11.5 Å². The minimum atomic E-state index is -0.952. The van der Waals surface area contributed by atoms with E-state index in [1.807, 2.05) is 13.0 Å². The molecule has 4 aliphatic carbocycles. The second-order valence-corrected chi connectivity index (χ2v) is 11.4. The Morgan fingerprint density at radius 1 is 1.22 bits per heavy atom. The summed E-state index contributed by atoms with van der Waals surface area (Å²) in [4.78, 5) is 0. The van der Waals surface area contributed by atoms with E-state index in [-0.39, 0.29) is 23.2 Å². The average Bonchev–Trinajstić information content (AvgIpc) is 3.43. The lowest BCUT2D eigenvalue weighted by atomic mass is 9.51. The first kappa shape index (κ1) is 23.6. The number of nitrogens with zero attached hydrogens (tertiary/aromatic N) is 1. The normalized spacial score (nSPS) is 35.2. The molecule has 5 aliphatic rings. The molecule has 36 heavy (non-hydrogen) atoms. The van der Waals surface area contributed by atoms with Gasteiger partial charge >= 0.3 is 0 Å². The number of aliphatic hydroxyl groups is 1. The van der Waals surface area contributed by atoms with E-state index in [1.54, 1.807) is 5.57 Å². The second kappa shape index (κ2) is 8.64. The molecule has 1 aromatic rings. The zero-order chi connectivity index (χ0) is 25.1. The molecule has 0 spiro atoms. The number of nitrogens with one attached hydrogen (secondary N) is 1. The Hall–Kier alpha value is -2.82. The number of rotatable bonds is 2. The van der Waals surface area contributed by atoms with Crippen molar-refractivity contribution in [1.82, 2.24) is 5.43 Å². The summed E-state index contributed by atoms with van der Waals surface area (Å²) in [5, 5.41) is 16.4. The van der Waals surface area contributed by atoms with Crippen LogP contribution in [-0.4, -0.2) is 28.3 Å². The van der Waals surface area contributed by atoms with Crippen molar-refractivity contribution in [3.05, 3.63) is 46.6 Å². The molecule has 2 fully saturated rings. The summed E-state index contributed by atoms with van der Waals surface area (Å²) in [7, 11) is 0. The zero-order valence-corrected chi connectivity index (χ0v) is 21.7. The van der Waals surface area contributed by atoms with Gasteiger partial charge in [0.05, 0.1) is 5.71 Å². The van der Waals surface area contributed by atoms with Crippen molar-refractivity contribution in [1.29, 1.82) is 0 Å². The first-order valence-electron chi connectivity index (χ1n) is 12.9. The molecule has 1 aliphatic heterocycles. The number of fused-ring (bicyclic) bond motifs is 5. The number of hydrogen-bond donors (Lipinski definition) is 3. The van der Waals surface area contributed by atoms with E-state index in [0.29, 0.717) is 11.8 Å². The number of benzene rings is 1. The molecule has 7 heteroatoms. The number of nitrogens with two attached hydrogens (primary N) is 1. The molecule has 6 rings (SSSR count). The topological polar surface area (TPSA) is 89.1 Å². The van der Waals surface area contributed by atoms with Crippen molar-refractivity contribution in [2.75, 3.05) is 6.79 Å². The van der Waals surface area contributed by atoms with E-state index in [2.05, 4.69) is 47.5 Å². The highest BCUT2D eigenvalue weighted by Gasteiger charge is 2.62. The maximum Gasteiger partial charge on any atom is 0.231 e. The van der Waals surface area contributed by atoms with Crippen molar-refractivity contribution in [2.45, 2.75) is 70.3 Å². The molecule has 0 saturated heterocycles. The lowest BCUT2D eigenvalue weighted by Crippen LogP contribution is -2.51. The monoisotopic (exact) mass is 503 g/mol. The van der Waals surface area contributed by atoms with E-state index in [9.17, 15) is 5.11 Å². The fraction of sp³-hybridized carbons (Fsp3) is 0.517. The molecular formula is C29H33N3O3S. The average molecular weight is 504 g/mol. The SMILES string of the molecule is CC#C[C@@]1(O)CC[C@H]2[C@@H]3CCC4=C/C(=N\NC(N)=S)CCC4=C3[C@@H](c3ccc4c(c3)OCO4)C[C@@]21C. The Kier molecular flexibility index (Phi) is 5.66. The smallest absolute Gasteiger partial charge is 0.231 e. The van der Waals surface area contributed by atoms with Crippen molar-refractivity contribution in [3.8, 4) is 23.3 Å². The largest absolute Gasteiger partial charge is 0.454 e. The molecular weight excluding hydrogens is 470 g/mol. The van der Waals surface area contributed by atoms with Crippen LogP contribution in [0.1, 0.15) is 70.3 Å². The Bertz CT molecular complexity index is 1290. The number of allylic oxidation sites excluding steroid dienone is 4. The second-order valence-electron chi connectivity index (χ2n) is 11.0. The molecule has 0 unspecified atom stereocenters. The predicted molar refractivity (Wildman–Crippen MR) is 144 cm³/mol. The summed E-state index contributed by atoms with van der Waals surface area (Å²) in [6.07, 6.45) is 8.77. The third-order valence-corrected chi connectivity index (χ3v) is 9.43. The van der Waals surface area contributed by atoms with Gasteiger partial charge in [0.25, 0.3) is 0 Å². The molecule has 4 N–H and O–H groups in total. The standard InChI is InChI=1S/C29H33N3O3S/c1-3-11-29(33)12-10-23-21-7-4-17-13-19(31-32-27(30)36)6-8-20(17)26(21)22(15-28(23,29)2)18-5-9-24-25(14-18)35-16-34-24/h5,9,13-14,21-23,33H,4,6-8,10,12,15-16H2,1-2H3,(H3,30,32,36)/b31-19-/t21-,22+,23-,28-,29+/m0/s1. The third kappa shape index (κ3) is 3.57. The summed E-state index contributed by atoms with van der Waals surface area (Å²) in [6.45, 7) is 4.39. The van der Waals surface area contributed by atoms with Gasteiger partial charge in [-0.1, -0.05) is 24.5 Å². The summed E-state index contributed by atoms with van der Waals surface area (Å²) >= 11 is 4.93. The molecule has 6 nitrogen and oxygen atoms in total. The highest BCUT2D eigenvalue weighted by Crippen LogP contribution is 2.66. The molecule has 0 radical (unpaired) electrons. The van der Waals surface area contributed by atoms with Crippen LogP contribution in [0.4, 0.5) is 0 Å². The number of ether oxygens (including phenoxy) is 2. The molecule has 0 bridgehead atoms. The Morgan fingerprint density at radius 2 is 2.06 bits per heavy atom. The van der Waals surface area contributed by atoms with E-state index < -0.39 is 5.60 Å². The van der Waals surface area contributed by atoms with Crippen LogP contribution < -0.4 is 20.6 Å². The van der Waals surface area contributed by atoms with Crippen LogP contribution in [0.3, 0.4) is 0 Å². The maximum absolute atomic E-state index is 11.8. The Morgan fingerprint density at radius 3 is 2.86 bits per heavy atom. The van der Waals surface area contributed by atoms with Crippen LogP contribution in [0, 0.1) is 29.1 Å². The van der Waals surface area contributed by atoms with Crippen LogP contribution in [0.15, 0.2) is 46.1 Å². The van der Waals surface area contributed by atoms with Crippen LogP contribution in [0.2, 0.25) is 0 Å². The fourth-order valence-corrected chi connectivity index (χ4v) is 7.78. The lowest BCUT2D eigenvalue weighted by molar-refractivity contribution is -0.0513. The van der Waals surface area contributed by atoms with E-state index in [4.69, 9.17) is 27.4 Å². The highest BCUT2D eigenvalue weighted by atomic mass is 32.1. The van der Waals surface area contributed by atoms with Crippen molar-refractivity contribution in [2.24, 2.45) is 28.1 Å². The van der Waals surface area contributed by atoms with Crippen LogP contribution in [-0.2, 0) is 0 Å². The molecule has 1 aromatic carbocycles. The first-order chi connectivity index (χ1) is 17.3. The summed E-state index contributed by atoms with van der Waals surface area (Å²) in [6, 6.07) is 6.37. The van der Waals surface area contributed by atoms with E-state index >= 15 is 0 Å². The molecule has 0 aromatic heterocycles. The van der Waals surface area contributed by atoms with Gasteiger partial charge in [-0.25, -0.2) is 0 Å². The van der Waals surface area contributed by atoms with Gasteiger partial charge in [0.1, 0.15) is 5.60 Å². The van der Waals surface area contributed by atoms with Crippen LogP contribution in [0.25, 0.3) is 0 Å². The first-order valence-corrected chi connectivity index (χ1v) is 13.4. The van der Waals surface area contributed by atoms with E-state index in [0.717, 1.165) is 62.2 Å². The summed E-state index contributed by atoms with van der Waals surface area (Å²) in [5.41, 5.74) is 13.8.